The Hall–Kier alpha value is -1.05. The number of hydrogen-bond donors (Lipinski definition) is 2. The number of carbonyl (C=O) groups is 1. The summed E-state index contributed by atoms with van der Waals surface area (Å²) in [5.74, 6) is -0.204. The molecule has 0 aromatic heterocycles. The maximum atomic E-state index is 11.9. The number of carboxylic acid groups (broad SMARTS) is 1. The number of rotatable bonds is 14. The van der Waals surface area contributed by atoms with E-state index in [2.05, 4.69) is 50.6 Å². The van der Waals surface area contributed by atoms with Gasteiger partial charge in [-0.1, -0.05) is 34.9 Å². The van der Waals surface area contributed by atoms with Gasteiger partial charge in [0.2, 0.25) is 10.0 Å². The molecule has 1 rings (SSSR count). The van der Waals surface area contributed by atoms with Crippen LogP contribution in [-0.4, -0.2) is 42.3 Å². The number of nitrogens with one attached hydrogen (secondary N) is 1. The maximum absolute atomic E-state index is 11.9. The summed E-state index contributed by atoms with van der Waals surface area (Å²) in [7, 11) is -3.49. The molecule has 1 aliphatic rings. The van der Waals surface area contributed by atoms with Gasteiger partial charge in [0.15, 0.2) is 0 Å². The lowest BCUT2D eigenvalue weighted by atomic mass is 10.1. The average molecular weight is 430 g/mol. The number of carboxylic acids is 1. The van der Waals surface area contributed by atoms with E-state index in [1.165, 1.54) is 28.5 Å². The van der Waals surface area contributed by atoms with Crippen molar-refractivity contribution in [3.8, 4) is 0 Å². The second kappa shape index (κ2) is 12.5. The van der Waals surface area contributed by atoms with Crippen molar-refractivity contribution in [2.75, 3.05) is 11.5 Å². The molecular weight excluding hydrogens is 394 g/mol. The summed E-state index contributed by atoms with van der Waals surface area (Å²) in [5.41, 5.74) is 4.03. The van der Waals surface area contributed by atoms with E-state index in [1.807, 2.05) is 0 Å². The number of hydrogen-bond acceptors (Lipinski definition) is 4. The molecule has 1 atom stereocenters. The predicted octanol–water partition coefficient (Wildman–Crippen LogP) is 4.67. The van der Waals surface area contributed by atoms with E-state index in [0.29, 0.717) is 18.6 Å². The molecule has 1 aliphatic carbocycles. The third-order valence-corrected chi connectivity index (χ3v) is 7.46. The van der Waals surface area contributed by atoms with Crippen molar-refractivity contribution in [3.05, 3.63) is 34.9 Å². The van der Waals surface area contributed by atoms with Gasteiger partial charge in [0.1, 0.15) is 6.04 Å². The van der Waals surface area contributed by atoms with Crippen LogP contribution in [0, 0.1) is 0 Å². The molecule has 0 saturated heterocycles. The zero-order chi connectivity index (χ0) is 21.2. The first-order valence-electron chi connectivity index (χ1n) is 9.88. The van der Waals surface area contributed by atoms with E-state index >= 15 is 0 Å². The second-order valence-electron chi connectivity index (χ2n) is 7.75. The summed E-state index contributed by atoms with van der Waals surface area (Å²) in [4.78, 5) is 11.3. The Balaban J connectivity index is 2.30. The molecule has 0 bridgehead atoms. The Labute approximate surface area is 174 Å². The summed E-state index contributed by atoms with van der Waals surface area (Å²) in [6.45, 7) is 8.48. The van der Waals surface area contributed by atoms with Gasteiger partial charge in [0.05, 0.1) is 5.25 Å². The van der Waals surface area contributed by atoms with Crippen LogP contribution in [0.4, 0.5) is 0 Å². The van der Waals surface area contributed by atoms with Gasteiger partial charge in [-0.2, -0.15) is 16.5 Å². The van der Waals surface area contributed by atoms with Gasteiger partial charge in [-0.15, -0.1) is 0 Å². The van der Waals surface area contributed by atoms with Gasteiger partial charge in [0, 0.05) is 11.5 Å². The van der Waals surface area contributed by atoms with E-state index in [-0.39, 0.29) is 5.75 Å². The monoisotopic (exact) mass is 429 g/mol. The topological polar surface area (TPSA) is 83.5 Å². The fourth-order valence-electron chi connectivity index (χ4n) is 2.55. The predicted molar refractivity (Wildman–Crippen MR) is 119 cm³/mol. The number of aliphatic carboxylic acids is 1. The van der Waals surface area contributed by atoms with Crippen LogP contribution in [0.25, 0.3) is 0 Å². The van der Waals surface area contributed by atoms with E-state index in [4.69, 9.17) is 0 Å². The van der Waals surface area contributed by atoms with Crippen LogP contribution in [0.15, 0.2) is 34.9 Å². The van der Waals surface area contributed by atoms with Crippen molar-refractivity contribution in [2.45, 2.75) is 77.5 Å². The van der Waals surface area contributed by atoms with Crippen LogP contribution >= 0.6 is 11.8 Å². The Kier molecular flexibility index (Phi) is 11.2. The summed E-state index contributed by atoms with van der Waals surface area (Å²) in [6, 6.07) is -1.06. The third kappa shape index (κ3) is 11.1. The minimum absolute atomic E-state index is 0.231. The molecular formula is C21H35NO4S2. The van der Waals surface area contributed by atoms with Gasteiger partial charge in [0.25, 0.3) is 0 Å². The van der Waals surface area contributed by atoms with Crippen LogP contribution in [0.1, 0.15) is 66.2 Å². The highest BCUT2D eigenvalue weighted by Crippen LogP contribution is 2.27. The molecule has 0 aliphatic heterocycles. The fourth-order valence-corrected chi connectivity index (χ4v) is 5.19. The molecule has 2 N–H and O–H groups in total. The van der Waals surface area contributed by atoms with Crippen molar-refractivity contribution in [1.29, 1.82) is 0 Å². The highest BCUT2D eigenvalue weighted by Gasteiger charge is 2.38. The van der Waals surface area contributed by atoms with E-state index in [0.717, 1.165) is 25.7 Å². The zero-order valence-corrected chi connectivity index (χ0v) is 19.2. The largest absolute Gasteiger partial charge is 0.480 e. The Morgan fingerprint density at radius 3 is 2.18 bits per heavy atom. The summed E-state index contributed by atoms with van der Waals surface area (Å²) >= 11 is 1.44. The van der Waals surface area contributed by atoms with Gasteiger partial charge in [-0.05, 0) is 66.2 Å². The molecule has 7 heteroatoms. The zero-order valence-electron chi connectivity index (χ0n) is 17.5. The fraction of sp³-hybridized carbons (Fsp3) is 0.667. The van der Waals surface area contributed by atoms with E-state index < -0.39 is 27.3 Å². The molecule has 0 spiro atoms. The molecule has 0 radical (unpaired) electrons. The molecule has 0 aromatic carbocycles. The van der Waals surface area contributed by atoms with Crippen molar-refractivity contribution in [3.63, 3.8) is 0 Å². The minimum atomic E-state index is -3.49. The smallest absolute Gasteiger partial charge is 0.322 e. The van der Waals surface area contributed by atoms with Gasteiger partial charge in [-0.3, -0.25) is 4.79 Å². The summed E-state index contributed by atoms with van der Waals surface area (Å²) in [5, 5.41) is 8.84. The average Bonchev–Trinajstić information content (AvgIpc) is 3.42. The molecule has 1 fully saturated rings. The lowest BCUT2D eigenvalue weighted by Gasteiger charge is -2.13. The minimum Gasteiger partial charge on any atom is -0.480 e. The summed E-state index contributed by atoms with van der Waals surface area (Å²) < 4.78 is 26.2. The van der Waals surface area contributed by atoms with Crippen molar-refractivity contribution in [1.82, 2.24) is 4.72 Å². The van der Waals surface area contributed by atoms with Crippen LogP contribution < -0.4 is 4.72 Å². The molecule has 5 nitrogen and oxygen atoms in total. The van der Waals surface area contributed by atoms with Crippen LogP contribution in [0.2, 0.25) is 0 Å². The van der Waals surface area contributed by atoms with E-state index in [9.17, 15) is 18.3 Å². The van der Waals surface area contributed by atoms with Crippen molar-refractivity contribution < 1.29 is 18.3 Å². The van der Waals surface area contributed by atoms with Gasteiger partial charge in [-0.25, -0.2) is 8.42 Å². The second-order valence-corrected chi connectivity index (χ2v) is 10.8. The molecule has 28 heavy (non-hydrogen) atoms. The lowest BCUT2D eigenvalue weighted by molar-refractivity contribution is -0.138. The normalized spacial score (nSPS) is 16.7. The standard InChI is InChI=1S/C21H35NO4S2/c1-16(2)7-5-8-17(3)9-6-10-18(4)13-14-27-15-20(21(23)24)22-28(25,26)19-11-12-19/h7,9,13,19-20,22H,5-6,8,10-12,14-15H2,1-4H3,(H,23,24). The highest BCUT2D eigenvalue weighted by atomic mass is 32.2. The first-order chi connectivity index (χ1) is 13.1. The molecule has 160 valence electrons. The lowest BCUT2D eigenvalue weighted by Crippen LogP contribution is -2.44. The molecule has 1 unspecified atom stereocenters. The van der Waals surface area contributed by atoms with Crippen LogP contribution in [0.5, 0.6) is 0 Å². The van der Waals surface area contributed by atoms with Gasteiger partial charge >= 0.3 is 5.97 Å². The van der Waals surface area contributed by atoms with Crippen molar-refractivity contribution >= 4 is 27.8 Å². The highest BCUT2D eigenvalue weighted by molar-refractivity contribution is 7.99. The maximum Gasteiger partial charge on any atom is 0.322 e. The first kappa shape index (κ1) is 25.0. The Morgan fingerprint density at radius 1 is 1.07 bits per heavy atom. The number of sulfonamides is 1. The first-order valence-corrected chi connectivity index (χ1v) is 12.6. The Morgan fingerprint density at radius 2 is 1.64 bits per heavy atom. The summed E-state index contributed by atoms with van der Waals surface area (Å²) in [6.07, 6.45) is 12.1. The van der Waals surface area contributed by atoms with Crippen molar-refractivity contribution in [2.24, 2.45) is 0 Å². The molecule has 0 amide bonds. The Bertz CT molecular complexity index is 700. The molecule has 0 aromatic rings. The quantitative estimate of drug-likeness (QED) is 0.310. The van der Waals surface area contributed by atoms with Crippen LogP contribution in [0.3, 0.4) is 0 Å². The van der Waals surface area contributed by atoms with E-state index in [1.54, 1.807) is 0 Å². The third-order valence-electron chi connectivity index (χ3n) is 4.52. The SMILES string of the molecule is CC(C)=CCCC(C)=CCCC(C)=CCSCC(NS(=O)(=O)C1CC1)C(=O)O. The molecule has 1 saturated carbocycles. The number of thioether (sulfide) groups is 1. The molecule has 0 heterocycles. The van der Waals surface area contributed by atoms with Crippen LogP contribution in [-0.2, 0) is 14.8 Å². The number of allylic oxidation sites excluding steroid dienone is 5. The van der Waals surface area contributed by atoms with Gasteiger partial charge < -0.3 is 5.11 Å².